The van der Waals surface area contributed by atoms with Gasteiger partial charge in [-0.25, -0.2) is 4.79 Å². The number of ether oxygens (including phenoxy) is 1. The van der Waals surface area contributed by atoms with Crippen molar-refractivity contribution in [1.29, 1.82) is 0 Å². The van der Waals surface area contributed by atoms with Crippen LogP contribution in [0, 0.1) is 0 Å². The summed E-state index contributed by atoms with van der Waals surface area (Å²) in [6.07, 6.45) is 3.93. The third-order valence-electron chi connectivity index (χ3n) is 3.37. The number of amides is 1. The molecule has 1 amide bonds. The summed E-state index contributed by atoms with van der Waals surface area (Å²) in [5.41, 5.74) is 1.63. The smallest absolute Gasteiger partial charge is 0.341 e. The minimum absolute atomic E-state index is 0.117. The highest BCUT2D eigenvalue weighted by atomic mass is 32.1. The molecule has 1 aliphatic carbocycles. The summed E-state index contributed by atoms with van der Waals surface area (Å²) in [4.78, 5) is 25.3. The van der Waals surface area contributed by atoms with Crippen LogP contribution in [0.15, 0.2) is 0 Å². The molecule has 0 bridgehead atoms. The van der Waals surface area contributed by atoms with E-state index in [1.807, 2.05) is 6.92 Å². The minimum Gasteiger partial charge on any atom is -0.462 e. The first-order valence-electron chi connectivity index (χ1n) is 7.49. The number of nitrogens with one attached hydrogen (secondary N) is 2. The van der Waals surface area contributed by atoms with Crippen molar-refractivity contribution in [3.8, 4) is 0 Å². The molecular weight excluding hydrogens is 288 g/mol. The molecule has 1 aliphatic rings. The molecule has 116 valence electrons. The Kier molecular flexibility index (Phi) is 5.76. The van der Waals surface area contributed by atoms with Crippen LogP contribution in [0.25, 0.3) is 0 Å². The van der Waals surface area contributed by atoms with Gasteiger partial charge in [0.25, 0.3) is 0 Å². The van der Waals surface area contributed by atoms with Crippen LogP contribution in [0.5, 0.6) is 0 Å². The Balaban J connectivity index is 2.12. The molecule has 0 saturated carbocycles. The van der Waals surface area contributed by atoms with E-state index >= 15 is 0 Å². The second-order valence-corrected chi connectivity index (χ2v) is 6.11. The molecule has 0 unspecified atom stereocenters. The van der Waals surface area contributed by atoms with Crippen LogP contribution in [0.4, 0.5) is 5.00 Å². The second-order valence-electron chi connectivity index (χ2n) is 5.01. The van der Waals surface area contributed by atoms with Crippen LogP contribution in [0.3, 0.4) is 0 Å². The summed E-state index contributed by atoms with van der Waals surface area (Å²) in [5, 5.41) is 6.55. The standard InChI is InChI=1S/C15H22N2O3S/c1-3-8-16-9-12(18)17-14-13(15(19)20-4-2)10-6-5-7-11(10)21-14/h16H,3-9H2,1-2H3,(H,17,18). The predicted octanol–water partition coefficient (Wildman–Crippen LogP) is 2.35. The van der Waals surface area contributed by atoms with Gasteiger partial charge in [-0.1, -0.05) is 6.92 Å². The van der Waals surface area contributed by atoms with Gasteiger partial charge in [0, 0.05) is 4.88 Å². The van der Waals surface area contributed by atoms with Crippen molar-refractivity contribution in [3.63, 3.8) is 0 Å². The molecule has 5 nitrogen and oxygen atoms in total. The second kappa shape index (κ2) is 7.56. The van der Waals surface area contributed by atoms with E-state index in [0.29, 0.717) is 17.2 Å². The fraction of sp³-hybridized carbons (Fsp3) is 0.600. The molecule has 21 heavy (non-hydrogen) atoms. The van der Waals surface area contributed by atoms with Crippen molar-refractivity contribution in [2.45, 2.75) is 39.5 Å². The van der Waals surface area contributed by atoms with Crippen LogP contribution < -0.4 is 10.6 Å². The number of fused-ring (bicyclic) bond motifs is 1. The number of carbonyl (C=O) groups is 2. The number of carbonyl (C=O) groups excluding carboxylic acids is 2. The fourth-order valence-corrected chi connectivity index (χ4v) is 3.75. The third-order valence-corrected chi connectivity index (χ3v) is 4.57. The van der Waals surface area contributed by atoms with Gasteiger partial charge in [0.1, 0.15) is 5.00 Å². The number of anilines is 1. The summed E-state index contributed by atoms with van der Waals surface area (Å²) in [6, 6.07) is 0. The van der Waals surface area contributed by atoms with Crippen LogP contribution in [-0.2, 0) is 22.4 Å². The lowest BCUT2D eigenvalue weighted by atomic mass is 10.1. The van der Waals surface area contributed by atoms with Gasteiger partial charge in [-0.15, -0.1) is 11.3 Å². The quantitative estimate of drug-likeness (QED) is 0.599. The van der Waals surface area contributed by atoms with Gasteiger partial charge in [0.15, 0.2) is 0 Å². The van der Waals surface area contributed by atoms with Crippen molar-refractivity contribution in [3.05, 3.63) is 16.0 Å². The highest BCUT2D eigenvalue weighted by Crippen LogP contribution is 2.39. The first-order chi connectivity index (χ1) is 10.2. The Morgan fingerprint density at radius 1 is 1.29 bits per heavy atom. The van der Waals surface area contributed by atoms with Crippen LogP contribution in [0.2, 0.25) is 0 Å². The lowest BCUT2D eigenvalue weighted by Gasteiger charge is -2.08. The lowest BCUT2D eigenvalue weighted by molar-refractivity contribution is -0.115. The van der Waals surface area contributed by atoms with E-state index in [0.717, 1.165) is 37.8 Å². The minimum atomic E-state index is -0.325. The Morgan fingerprint density at radius 3 is 2.81 bits per heavy atom. The Bertz CT molecular complexity index is 525. The summed E-state index contributed by atoms with van der Waals surface area (Å²) < 4.78 is 5.13. The average molecular weight is 310 g/mol. The Hall–Kier alpha value is -1.40. The van der Waals surface area contributed by atoms with E-state index in [1.54, 1.807) is 6.92 Å². The zero-order valence-corrected chi connectivity index (χ0v) is 13.4. The molecule has 0 fully saturated rings. The number of aryl methyl sites for hydroxylation is 1. The molecule has 0 saturated heterocycles. The molecular formula is C15H22N2O3S. The van der Waals surface area contributed by atoms with Crippen molar-refractivity contribution in [2.75, 3.05) is 25.0 Å². The van der Waals surface area contributed by atoms with E-state index in [-0.39, 0.29) is 18.4 Å². The molecule has 6 heteroatoms. The Morgan fingerprint density at radius 2 is 2.10 bits per heavy atom. The van der Waals surface area contributed by atoms with E-state index in [9.17, 15) is 9.59 Å². The summed E-state index contributed by atoms with van der Waals surface area (Å²) in [5.74, 6) is -0.442. The number of rotatable bonds is 7. The third kappa shape index (κ3) is 3.83. The molecule has 2 rings (SSSR count). The zero-order valence-electron chi connectivity index (χ0n) is 12.6. The molecule has 1 aromatic heterocycles. The number of hydrogen-bond acceptors (Lipinski definition) is 5. The maximum absolute atomic E-state index is 12.1. The Labute approximate surface area is 129 Å². The van der Waals surface area contributed by atoms with E-state index in [2.05, 4.69) is 10.6 Å². The largest absolute Gasteiger partial charge is 0.462 e. The maximum Gasteiger partial charge on any atom is 0.341 e. The first-order valence-corrected chi connectivity index (χ1v) is 8.31. The van der Waals surface area contributed by atoms with Crippen molar-refractivity contribution in [1.82, 2.24) is 5.32 Å². The van der Waals surface area contributed by atoms with Crippen molar-refractivity contribution in [2.24, 2.45) is 0 Å². The molecule has 0 atom stereocenters. The molecule has 0 aliphatic heterocycles. The van der Waals surface area contributed by atoms with E-state index in [1.165, 1.54) is 16.2 Å². The monoisotopic (exact) mass is 310 g/mol. The van der Waals surface area contributed by atoms with Gasteiger partial charge in [-0.3, -0.25) is 4.79 Å². The zero-order chi connectivity index (χ0) is 15.2. The highest BCUT2D eigenvalue weighted by molar-refractivity contribution is 7.17. The summed E-state index contributed by atoms with van der Waals surface area (Å²) >= 11 is 1.51. The van der Waals surface area contributed by atoms with Gasteiger partial charge in [-0.05, 0) is 44.7 Å². The SMILES string of the molecule is CCCNCC(=O)Nc1sc2c(c1C(=O)OCC)CCC2. The topological polar surface area (TPSA) is 67.4 Å². The molecule has 0 aromatic carbocycles. The van der Waals surface area contributed by atoms with Crippen molar-refractivity contribution >= 4 is 28.2 Å². The molecule has 2 N–H and O–H groups in total. The van der Waals surface area contributed by atoms with Gasteiger partial charge in [0.05, 0.1) is 18.7 Å². The van der Waals surface area contributed by atoms with E-state index < -0.39 is 0 Å². The fourth-order valence-electron chi connectivity index (χ4n) is 2.46. The highest BCUT2D eigenvalue weighted by Gasteiger charge is 2.28. The molecule has 0 radical (unpaired) electrons. The van der Waals surface area contributed by atoms with E-state index in [4.69, 9.17) is 4.74 Å². The normalized spacial score (nSPS) is 13.0. The number of hydrogen-bond donors (Lipinski definition) is 2. The maximum atomic E-state index is 12.1. The van der Waals surface area contributed by atoms with Gasteiger partial charge in [0.2, 0.25) is 5.91 Å². The average Bonchev–Trinajstić information content (AvgIpc) is 2.99. The summed E-state index contributed by atoms with van der Waals surface area (Å²) in [7, 11) is 0. The van der Waals surface area contributed by atoms with Gasteiger partial charge >= 0.3 is 5.97 Å². The summed E-state index contributed by atoms with van der Waals surface area (Å²) in [6.45, 7) is 5.25. The van der Waals surface area contributed by atoms with Gasteiger partial charge in [-0.2, -0.15) is 0 Å². The van der Waals surface area contributed by atoms with Crippen LogP contribution in [0.1, 0.15) is 47.5 Å². The molecule has 1 aromatic rings. The molecule has 0 spiro atoms. The lowest BCUT2D eigenvalue weighted by Crippen LogP contribution is -2.28. The predicted molar refractivity (Wildman–Crippen MR) is 84.1 cm³/mol. The van der Waals surface area contributed by atoms with Crippen LogP contribution >= 0.6 is 11.3 Å². The number of thiophene rings is 1. The first kappa shape index (κ1) is 16.0. The molecule has 1 heterocycles. The number of esters is 1. The van der Waals surface area contributed by atoms with Gasteiger partial charge < -0.3 is 15.4 Å². The van der Waals surface area contributed by atoms with Crippen molar-refractivity contribution < 1.29 is 14.3 Å². The van der Waals surface area contributed by atoms with Crippen LogP contribution in [-0.4, -0.2) is 31.6 Å².